The third-order valence-corrected chi connectivity index (χ3v) is 2.57. The molecule has 0 saturated heterocycles. The molecule has 1 amide bonds. The molecule has 0 radical (unpaired) electrons. The summed E-state index contributed by atoms with van der Waals surface area (Å²) in [5, 5.41) is 1.79. The number of halogens is 1. The molecule has 0 saturated carbocycles. The highest BCUT2D eigenvalue weighted by atomic mass is 35.5. The van der Waals surface area contributed by atoms with Gasteiger partial charge in [0.05, 0.1) is 0 Å². The van der Waals surface area contributed by atoms with Crippen molar-refractivity contribution in [3.8, 4) is 0 Å². The number of nitrogens with zero attached hydrogens (tertiary/aromatic N) is 1. The molecule has 3 nitrogen and oxygen atoms in total. The van der Waals surface area contributed by atoms with Crippen LogP contribution in [0.1, 0.15) is 6.42 Å². The van der Waals surface area contributed by atoms with Crippen LogP contribution in [-0.4, -0.2) is 10.5 Å². The molecule has 0 bridgehead atoms. The van der Waals surface area contributed by atoms with Crippen LogP contribution < -0.4 is 5.73 Å². The Morgan fingerprint density at radius 2 is 2.20 bits per heavy atom. The zero-order valence-electron chi connectivity index (χ0n) is 8.11. The zero-order chi connectivity index (χ0) is 10.8. The highest BCUT2D eigenvalue weighted by Gasteiger charge is 2.02. The average Bonchev–Trinajstić information content (AvgIpc) is 2.57. The zero-order valence-corrected chi connectivity index (χ0v) is 8.87. The summed E-state index contributed by atoms with van der Waals surface area (Å²) in [7, 11) is 0. The van der Waals surface area contributed by atoms with Crippen molar-refractivity contribution in [2.24, 2.45) is 5.73 Å². The molecule has 1 aromatic heterocycles. The summed E-state index contributed by atoms with van der Waals surface area (Å²) >= 11 is 5.87. The lowest BCUT2D eigenvalue weighted by Gasteiger charge is -2.03. The highest BCUT2D eigenvalue weighted by Crippen LogP contribution is 2.20. The van der Waals surface area contributed by atoms with Gasteiger partial charge in [0.2, 0.25) is 5.91 Å². The van der Waals surface area contributed by atoms with Crippen molar-refractivity contribution in [1.82, 2.24) is 4.57 Å². The number of aryl methyl sites for hydroxylation is 1. The number of amides is 1. The predicted molar refractivity (Wildman–Crippen MR) is 60.8 cm³/mol. The molecule has 78 valence electrons. The number of rotatable bonds is 3. The molecule has 2 N–H and O–H groups in total. The number of nitrogens with two attached hydrogens (primary N) is 1. The molecule has 0 spiro atoms. The van der Waals surface area contributed by atoms with Gasteiger partial charge in [0.15, 0.2) is 0 Å². The van der Waals surface area contributed by atoms with E-state index in [1.807, 2.05) is 35.0 Å². The number of carbonyl (C=O) groups is 1. The fourth-order valence-corrected chi connectivity index (χ4v) is 1.78. The molecule has 0 aliphatic heterocycles. The van der Waals surface area contributed by atoms with Crippen LogP contribution in [0.5, 0.6) is 0 Å². The van der Waals surface area contributed by atoms with Crippen LogP contribution in [0, 0.1) is 0 Å². The summed E-state index contributed by atoms with van der Waals surface area (Å²) in [6.07, 6.45) is 2.29. The summed E-state index contributed by atoms with van der Waals surface area (Å²) in [6, 6.07) is 7.66. The third-order valence-electron chi connectivity index (χ3n) is 2.33. The number of primary amides is 1. The van der Waals surface area contributed by atoms with Gasteiger partial charge in [-0.05, 0) is 24.3 Å². The Kier molecular flexibility index (Phi) is 2.64. The van der Waals surface area contributed by atoms with E-state index in [2.05, 4.69) is 0 Å². The SMILES string of the molecule is NC(=O)CCn1ccc2cc(Cl)ccc21. The van der Waals surface area contributed by atoms with E-state index in [0.29, 0.717) is 13.0 Å². The summed E-state index contributed by atoms with van der Waals surface area (Å²) in [4.78, 5) is 10.7. The van der Waals surface area contributed by atoms with Crippen LogP contribution in [0.3, 0.4) is 0 Å². The average molecular weight is 223 g/mol. The Hall–Kier alpha value is -1.48. The number of aromatic nitrogens is 1. The fraction of sp³-hybridized carbons (Fsp3) is 0.182. The molecule has 2 aromatic rings. The summed E-state index contributed by atoms with van der Waals surface area (Å²) in [6.45, 7) is 0.612. The number of fused-ring (bicyclic) bond motifs is 1. The Morgan fingerprint density at radius 1 is 1.40 bits per heavy atom. The van der Waals surface area contributed by atoms with Gasteiger partial charge in [0, 0.05) is 35.1 Å². The van der Waals surface area contributed by atoms with Gasteiger partial charge in [0.1, 0.15) is 0 Å². The fourth-order valence-electron chi connectivity index (χ4n) is 1.60. The minimum atomic E-state index is -0.286. The van der Waals surface area contributed by atoms with Crippen LogP contribution >= 0.6 is 11.6 Å². The van der Waals surface area contributed by atoms with Gasteiger partial charge >= 0.3 is 0 Å². The Labute approximate surface area is 92.4 Å². The van der Waals surface area contributed by atoms with E-state index in [0.717, 1.165) is 15.9 Å². The first kappa shape index (κ1) is 10.1. The minimum absolute atomic E-state index is 0.286. The quantitative estimate of drug-likeness (QED) is 0.850. The van der Waals surface area contributed by atoms with Crippen molar-refractivity contribution >= 4 is 28.4 Å². The molecular formula is C11H11ClN2O. The first-order valence-electron chi connectivity index (χ1n) is 4.69. The summed E-state index contributed by atoms with van der Waals surface area (Å²) in [5.74, 6) is -0.286. The number of hydrogen-bond donors (Lipinski definition) is 1. The molecule has 4 heteroatoms. The largest absolute Gasteiger partial charge is 0.370 e. The second kappa shape index (κ2) is 3.95. The third kappa shape index (κ3) is 2.13. The monoisotopic (exact) mass is 222 g/mol. The first-order chi connectivity index (χ1) is 7.16. The Balaban J connectivity index is 2.32. The van der Waals surface area contributed by atoms with E-state index in [-0.39, 0.29) is 5.91 Å². The molecule has 0 unspecified atom stereocenters. The van der Waals surface area contributed by atoms with E-state index in [1.54, 1.807) is 0 Å². The molecule has 0 aliphatic carbocycles. The van der Waals surface area contributed by atoms with Crippen molar-refractivity contribution < 1.29 is 4.79 Å². The normalized spacial score (nSPS) is 10.7. The van der Waals surface area contributed by atoms with Gasteiger partial charge in [-0.1, -0.05) is 11.6 Å². The van der Waals surface area contributed by atoms with Crippen molar-refractivity contribution in [3.63, 3.8) is 0 Å². The molecule has 1 aromatic carbocycles. The van der Waals surface area contributed by atoms with Gasteiger partial charge in [-0.2, -0.15) is 0 Å². The molecule has 15 heavy (non-hydrogen) atoms. The van der Waals surface area contributed by atoms with Crippen molar-refractivity contribution in [2.45, 2.75) is 13.0 Å². The van der Waals surface area contributed by atoms with Gasteiger partial charge in [-0.3, -0.25) is 4.79 Å². The number of carbonyl (C=O) groups excluding carboxylic acids is 1. The molecule has 1 heterocycles. The van der Waals surface area contributed by atoms with E-state index >= 15 is 0 Å². The maximum Gasteiger partial charge on any atom is 0.219 e. The van der Waals surface area contributed by atoms with E-state index in [4.69, 9.17) is 17.3 Å². The summed E-state index contributed by atoms with van der Waals surface area (Å²) < 4.78 is 2.00. The van der Waals surface area contributed by atoms with E-state index < -0.39 is 0 Å². The number of hydrogen-bond acceptors (Lipinski definition) is 1. The van der Waals surface area contributed by atoms with Crippen molar-refractivity contribution in [2.75, 3.05) is 0 Å². The van der Waals surface area contributed by atoms with Crippen LogP contribution in [0.2, 0.25) is 5.02 Å². The van der Waals surface area contributed by atoms with Crippen LogP contribution in [-0.2, 0) is 11.3 Å². The molecular weight excluding hydrogens is 212 g/mol. The number of benzene rings is 1. The van der Waals surface area contributed by atoms with Crippen molar-refractivity contribution in [1.29, 1.82) is 0 Å². The highest BCUT2D eigenvalue weighted by molar-refractivity contribution is 6.31. The maximum atomic E-state index is 10.7. The van der Waals surface area contributed by atoms with Crippen LogP contribution in [0.25, 0.3) is 10.9 Å². The second-order valence-electron chi connectivity index (χ2n) is 3.43. The van der Waals surface area contributed by atoms with Gasteiger partial charge in [0.25, 0.3) is 0 Å². The van der Waals surface area contributed by atoms with Crippen molar-refractivity contribution in [3.05, 3.63) is 35.5 Å². The Bertz CT molecular complexity index is 504. The van der Waals surface area contributed by atoms with E-state index in [1.165, 1.54) is 0 Å². The lowest BCUT2D eigenvalue weighted by Crippen LogP contribution is -2.13. The first-order valence-corrected chi connectivity index (χ1v) is 5.07. The second-order valence-corrected chi connectivity index (χ2v) is 3.87. The van der Waals surface area contributed by atoms with E-state index in [9.17, 15) is 4.79 Å². The van der Waals surface area contributed by atoms with Gasteiger partial charge < -0.3 is 10.3 Å². The van der Waals surface area contributed by atoms with Crippen LogP contribution in [0.15, 0.2) is 30.5 Å². The summed E-state index contributed by atoms with van der Waals surface area (Å²) in [5.41, 5.74) is 6.17. The molecule has 0 atom stereocenters. The lowest BCUT2D eigenvalue weighted by molar-refractivity contribution is -0.118. The van der Waals surface area contributed by atoms with Gasteiger partial charge in [-0.15, -0.1) is 0 Å². The topological polar surface area (TPSA) is 48.0 Å². The predicted octanol–water partition coefficient (Wildman–Crippen LogP) is 2.17. The van der Waals surface area contributed by atoms with Crippen LogP contribution in [0.4, 0.5) is 0 Å². The molecule has 0 aliphatic rings. The minimum Gasteiger partial charge on any atom is -0.370 e. The molecule has 2 rings (SSSR count). The maximum absolute atomic E-state index is 10.7. The lowest BCUT2D eigenvalue weighted by atomic mass is 10.2. The van der Waals surface area contributed by atoms with Gasteiger partial charge in [-0.25, -0.2) is 0 Å². The molecule has 0 fully saturated rings. The smallest absolute Gasteiger partial charge is 0.219 e. The standard InChI is InChI=1S/C11H11ClN2O/c12-9-1-2-10-8(7-9)3-5-14(10)6-4-11(13)15/h1-3,5,7H,4,6H2,(H2,13,15). The Morgan fingerprint density at radius 3 is 2.93 bits per heavy atom.